The maximum Gasteiger partial charge on any atom is 0.244 e. The quantitative estimate of drug-likeness (QED) is 0.537. The van der Waals surface area contributed by atoms with E-state index >= 15 is 0 Å². The first-order valence-electron chi connectivity index (χ1n) is 8.30. The Kier molecular flexibility index (Phi) is 5.12. The largest absolute Gasteiger partial charge is 0.352 e. The summed E-state index contributed by atoms with van der Waals surface area (Å²) in [7, 11) is 0. The molecule has 3 nitrogen and oxygen atoms in total. The van der Waals surface area contributed by atoms with Gasteiger partial charge in [-0.15, -0.1) is 0 Å². The molecule has 0 radical (unpaired) electrons. The fourth-order valence-electron chi connectivity index (χ4n) is 2.89. The van der Waals surface area contributed by atoms with Gasteiger partial charge in [0.15, 0.2) is 0 Å². The van der Waals surface area contributed by atoms with Crippen LogP contribution in [0.5, 0.6) is 0 Å². The molecule has 1 heterocycles. The fraction of sp³-hybridized carbons (Fsp3) is 0.190. The zero-order chi connectivity index (χ0) is 16.8. The molecule has 0 aliphatic heterocycles. The van der Waals surface area contributed by atoms with Gasteiger partial charge in [-0.05, 0) is 42.5 Å². The van der Waals surface area contributed by atoms with Gasteiger partial charge >= 0.3 is 0 Å². The summed E-state index contributed by atoms with van der Waals surface area (Å²) < 4.78 is 2.31. The number of para-hydroxylation sites is 1. The predicted octanol–water partition coefficient (Wildman–Crippen LogP) is 4.17. The lowest BCUT2D eigenvalue weighted by molar-refractivity contribution is -0.116. The molecule has 0 bridgehead atoms. The second kappa shape index (κ2) is 7.64. The SMILES string of the molecule is Cc1cc2ccccc2n1CCCNC(=O)C=Cc1ccccc1. The Bertz CT molecular complexity index is 847. The van der Waals surface area contributed by atoms with Crippen molar-refractivity contribution in [2.75, 3.05) is 6.54 Å². The van der Waals surface area contributed by atoms with E-state index in [2.05, 4.69) is 47.1 Å². The number of carbonyl (C=O) groups excluding carboxylic acids is 1. The van der Waals surface area contributed by atoms with Crippen LogP contribution in [0.15, 0.2) is 66.7 Å². The molecule has 0 saturated carbocycles. The van der Waals surface area contributed by atoms with E-state index in [9.17, 15) is 4.79 Å². The van der Waals surface area contributed by atoms with Crippen LogP contribution in [0, 0.1) is 6.92 Å². The van der Waals surface area contributed by atoms with Crippen LogP contribution in [0.1, 0.15) is 17.7 Å². The minimum atomic E-state index is -0.0482. The van der Waals surface area contributed by atoms with E-state index in [-0.39, 0.29) is 5.91 Å². The van der Waals surface area contributed by atoms with E-state index in [4.69, 9.17) is 0 Å². The standard InChI is InChI=1S/C21H22N2O/c1-17-16-19-10-5-6-11-20(19)23(17)15-7-14-22-21(24)13-12-18-8-3-2-4-9-18/h2-6,8-13,16H,7,14-15H2,1H3,(H,22,24). The minimum absolute atomic E-state index is 0.0482. The predicted molar refractivity (Wildman–Crippen MR) is 99.8 cm³/mol. The number of hydrogen-bond acceptors (Lipinski definition) is 1. The van der Waals surface area contributed by atoms with Gasteiger partial charge in [-0.1, -0.05) is 48.5 Å². The lowest BCUT2D eigenvalue weighted by Crippen LogP contribution is -2.23. The van der Waals surface area contributed by atoms with Crippen molar-refractivity contribution in [2.24, 2.45) is 0 Å². The third-order valence-electron chi connectivity index (χ3n) is 4.10. The van der Waals surface area contributed by atoms with E-state index in [1.807, 2.05) is 36.4 Å². The average Bonchev–Trinajstić information content (AvgIpc) is 2.93. The van der Waals surface area contributed by atoms with Gasteiger partial charge in [0.1, 0.15) is 0 Å². The van der Waals surface area contributed by atoms with Crippen LogP contribution < -0.4 is 5.32 Å². The molecule has 1 N–H and O–H groups in total. The molecule has 0 saturated heterocycles. The van der Waals surface area contributed by atoms with Gasteiger partial charge in [-0.25, -0.2) is 0 Å². The van der Waals surface area contributed by atoms with Gasteiger partial charge in [0.25, 0.3) is 0 Å². The van der Waals surface area contributed by atoms with Gasteiger partial charge in [-0.2, -0.15) is 0 Å². The molecule has 0 aliphatic carbocycles. The molecule has 3 rings (SSSR count). The number of aromatic nitrogens is 1. The van der Waals surface area contributed by atoms with Crippen molar-refractivity contribution in [3.63, 3.8) is 0 Å². The first-order valence-corrected chi connectivity index (χ1v) is 8.30. The van der Waals surface area contributed by atoms with E-state index in [1.165, 1.54) is 16.6 Å². The van der Waals surface area contributed by atoms with Crippen LogP contribution in [0.4, 0.5) is 0 Å². The van der Waals surface area contributed by atoms with E-state index in [0.29, 0.717) is 6.54 Å². The molecule has 0 spiro atoms. The number of amides is 1. The summed E-state index contributed by atoms with van der Waals surface area (Å²) in [5, 5.41) is 4.21. The molecular weight excluding hydrogens is 296 g/mol. The molecule has 0 fully saturated rings. The van der Waals surface area contributed by atoms with Crippen molar-refractivity contribution in [1.82, 2.24) is 9.88 Å². The minimum Gasteiger partial charge on any atom is -0.352 e. The topological polar surface area (TPSA) is 34.0 Å². The normalized spacial score (nSPS) is 11.2. The zero-order valence-corrected chi connectivity index (χ0v) is 13.9. The summed E-state index contributed by atoms with van der Waals surface area (Å²) in [5.41, 5.74) is 3.54. The third kappa shape index (κ3) is 3.93. The molecule has 3 heteroatoms. The Balaban J connectivity index is 1.49. The summed E-state index contributed by atoms with van der Waals surface area (Å²) in [4.78, 5) is 11.9. The van der Waals surface area contributed by atoms with Gasteiger partial charge < -0.3 is 9.88 Å². The monoisotopic (exact) mass is 318 g/mol. The molecule has 3 aromatic rings. The van der Waals surface area contributed by atoms with E-state index in [1.54, 1.807) is 6.08 Å². The number of hydrogen-bond donors (Lipinski definition) is 1. The van der Waals surface area contributed by atoms with Crippen molar-refractivity contribution in [1.29, 1.82) is 0 Å². The van der Waals surface area contributed by atoms with Crippen LogP contribution in [0.3, 0.4) is 0 Å². The Hall–Kier alpha value is -2.81. The first-order chi connectivity index (χ1) is 11.7. The number of benzene rings is 2. The summed E-state index contributed by atoms with van der Waals surface area (Å²) in [6.07, 6.45) is 4.33. The summed E-state index contributed by atoms with van der Waals surface area (Å²) in [5.74, 6) is -0.0482. The van der Waals surface area contributed by atoms with E-state index in [0.717, 1.165) is 18.5 Å². The average molecular weight is 318 g/mol. The number of nitrogens with one attached hydrogen (secondary N) is 1. The fourth-order valence-corrected chi connectivity index (χ4v) is 2.89. The highest BCUT2D eigenvalue weighted by atomic mass is 16.1. The molecular formula is C21H22N2O. The van der Waals surface area contributed by atoms with Crippen molar-refractivity contribution < 1.29 is 4.79 Å². The van der Waals surface area contributed by atoms with Crippen molar-refractivity contribution in [3.05, 3.63) is 78.0 Å². The smallest absolute Gasteiger partial charge is 0.244 e. The lowest BCUT2D eigenvalue weighted by atomic mass is 10.2. The van der Waals surface area contributed by atoms with Crippen LogP contribution in [0.2, 0.25) is 0 Å². The first kappa shape index (κ1) is 16.1. The van der Waals surface area contributed by atoms with Gasteiger partial charge in [0.2, 0.25) is 5.91 Å². The molecule has 24 heavy (non-hydrogen) atoms. The molecule has 1 aromatic heterocycles. The highest BCUT2D eigenvalue weighted by molar-refractivity contribution is 5.91. The Labute approximate surface area is 142 Å². The maximum absolute atomic E-state index is 11.9. The number of rotatable bonds is 6. The van der Waals surface area contributed by atoms with Gasteiger partial charge in [-0.3, -0.25) is 4.79 Å². The number of nitrogens with zero attached hydrogens (tertiary/aromatic N) is 1. The molecule has 2 aromatic carbocycles. The third-order valence-corrected chi connectivity index (χ3v) is 4.10. The second-order valence-electron chi connectivity index (χ2n) is 5.88. The van der Waals surface area contributed by atoms with Crippen molar-refractivity contribution in [3.8, 4) is 0 Å². The van der Waals surface area contributed by atoms with E-state index < -0.39 is 0 Å². The van der Waals surface area contributed by atoms with Crippen LogP contribution in [-0.2, 0) is 11.3 Å². The second-order valence-corrected chi connectivity index (χ2v) is 5.88. The zero-order valence-electron chi connectivity index (χ0n) is 13.9. The van der Waals surface area contributed by atoms with Crippen LogP contribution in [-0.4, -0.2) is 17.0 Å². The van der Waals surface area contributed by atoms with Crippen molar-refractivity contribution >= 4 is 22.9 Å². The highest BCUT2D eigenvalue weighted by Crippen LogP contribution is 2.19. The molecule has 0 aliphatic rings. The van der Waals surface area contributed by atoms with Gasteiger partial charge in [0.05, 0.1) is 0 Å². The Morgan fingerprint density at radius 3 is 2.67 bits per heavy atom. The maximum atomic E-state index is 11.9. The Morgan fingerprint density at radius 2 is 1.83 bits per heavy atom. The molecule has 0 atom stereocenters. The van der Waals surface area contributed by atoms with Crippen LogP contribution in [0.25, 0.3) is 17.0 Å². The van der Waals surface area contributed by atoms with Gasteiger partial charge in [0, 0.05) is 30.4 Å². The van der Waals surface area contributed by atoms with Crippen molar-refractivity contribution in [2.45, 2.75) is 19.9 Å². The summed E-state index contributed by atoms with van der Waals surface area (Å²) in [6.45, 7) is 3.70. The highest BCUT2D eigenvalue weighted by Gasteiger charge is 2.04. The number of carbonyl (C=O) groups is 1. The van der Waals surface area contributed by atoms with Crippen LogP contribution >= 0.6 is 0 Å². The lowest BCUT2D eigenvalue weighted by Gasteiger charge is -2.08. The summed E-state index contributed by atoms with van der Waals surface area (Å²) >= 11 is 0. The number of fused-ring (bicyclic) bond motifs is 1. The molecule has 122 valence electrons. The molecule has 0 unspecified atom stereocenters. The molecule has 1 amide bonds. The Morgan fingerprint density at radius 1 is 1.08 bits per heavy atom. The number of aryl methyl sites for hydroxylation is 2. The summed E-state index contributed by atoms with van der Waals surface area (Å²) in [6, 6.07) is 20.4.